The van der Waals surface area contributed by atoms with Gasteiger partial charge in [0.1, 0.15) is 16.9 Å². The smallest absolute Gasteiger partial charge is 0.294 e. The van der Waals surface area contributed by atoms with Crippen LogP contribution in [0.25, 0.3) is 22.1 Å². The van der Waals surface area contributed by atoms with Gasteiger partial charge in [-0.3, -0.25) is 4.79 Å². The first kappa shape index (κ1) is 14.8. The standard InChI is InChI=1S/C14H9BrN4O2.ClH/c15-8-1-2-10-9(5-8)12-13(21-10)14(20)18-11(17-12)6-19-4-3-16-7-19;/h1-5,7H,6H2,(H,17,18,20);1H. The Labute approximate surface area is 138 Å². The first-order valence-electron chi connectivity index (χ1n) is 6.27. The first-order chi connectivity index (χ1) is 10.2. The van der Waals surface area contributed by atoms with Gasteiger partial charge < -0.3 is 14.0 Å². The number of rotatable bonds is 2. The van der Waals surface area contributed by atoms with Crippen LogP contribution in [0.2, 0.25) is 0 Å². The lowest BCUT2D eigenvalue weighted by Crippen LogP contribution is -2.13. The number of hydrogen-bond donors (Lipinski definition) is 1. The predicted octanol–water partition coefficient (Wildman–Crippen LogP) is 3.10. The van der Waals surface area contributed by atoms with E-state index in [4.69, 9.17) is 4.42 Å². The Balaban J connectivity index is 0.00000144. The minimum atomic E-state index is -0.276. The first-order valence-corrected chi connectivity index (χ1v) is 7.07. The molecule has 0 aliphatic heterocycles. The number of benzene rings is 1. The number of imidazole rings is 1. The summed E-state index contributed by atoms with van der Waals surface area (Å²) in [7, 11) is 0. The highest BCUT2D eigenvalue weighted by Crippen LogP contribution is 2.27. The molecule has 4 aromatic rings. The van der Waals surface area contributed by atoms with E-state index < -0.39 is 0 Å². The third-order valence-electron chi connectivity index (χ3n) is 3.23. The molecule has 1 aromatic carbocycles. The molecule has 0 radical (unpaired) electrons. The number of furan rings is 1. The Bertz CT molecular complexity index is 1010. The van der Waals surface area contributed by atoms with E-state index in [2.05, 4.69) is 30.9 Å². The summed E-state index contributed by atoms with van der Waals surface area (Å²) in [5.41, 5.74) is 1.19. The van der Waals surface area contributed by atoms with Gasteiger partial charge in [-0.1, -0.05) is 15.9 Å². The van der Waals surface area contributed by atoms with Crippen molar-refractivity contribution >= 4 is 50.4 Å². The second-order valence-corrected chi connectivity index (χ2v) is 5.58. The molecular weight excluding hydrogens is 372 g/mol. The minimum absolute atomic E-state index is 0. The second-order valence-electron chi connectivity index (χ2n) is 4.67. The Morgan fingerprint density at radius 1 is 1.36 bits per heavy atom. The van der Waals surface area contributed by atoms with Crippen LogP contribution in [0.1, 0.15) is 5.82 Å². The van der Waals surface area contributed by atoms with Gasteiger partial charge >= 0.3 is 0 Å². The number of fused-ring (bicyclic) bond motifs is 3. The molecule has 0 bridgehead atoms. The van der Waals surface area contributed by atoms with Crippen molar-refractivity contribution in [2.24, 2.45) is 0 Å². The number of aromatic amines is 1. The fourth-order valence-corrected chi connectivity index (χ4v) is 2.66. The zero-order valence-corrected chi connectivity index (χ0v) is 13.5. The third kappa shape index (κ3) is 2.42. The highest BCUT2D eigenvalue weighted by Gasteiger charge is 2.13. The average molecular weight is 382 g/mol. The van der Waals surface area contributed by atoms with Crippen LogP contribution in [-0.2, 0) is 6.54 Å². The Hall–Kier alpha value is -2.12. The molecule has 0 saturated heterocycles. The average Bonchev–Trinajstić information content (AvgIpc) is 3.07. The van der Waals surface area contributed by atoms with Gasteiger partial charge in [-0.2, -0.15) is 0 Å². The van der Waals surface area contributed by atoms with Crippen LogP contribution in [-0.4, -0.2) is 19.5 Å². The van der Waals surface area contributed by atoms with E-state index >= 15 is 0 Å². The third-order valence-corrected chi connectivity index (χ3v) is 3.72. The molecule has 6 nitrogen and oxygen atoms in total. The summed E-state index contributed by atoms with van der Waals surface area (Å²) in [6.45, 7) is 0.450. The molecule has 0 aliphatic rings. The van der Waals surface area contributed by atoms with E-state index in [1.807, 2.05) is 29.0 Å². The van der Waals surface area contributed by atoms with Crippen LogP contribution in [0, 0.1) is 0 Å². The molecule has 0 unspecified atom stereocenters. The molecule has 3 heterocycles. The maximum absolute atomic E-state index is 12.2. The molecule has 0 amide bonds. The highest BCUT2D eigenvalue weighted by atomic mass is 79.9. The molecule has 0 spiro atoms. The van der Waals surface area contributed by atoms with Gasteiger partial charge in [0.25, 0.3) is 5.56 Å². The van der Waals surface area contributed by atoms with Gasteiger partial charge in [-0.05, 0) is 18.2 Å². The van der Waals surface area contributed by atoms with E-state index in [0.717, 1.165) is 9.86 Å². The van der Waals surface area contributed by atoms with Crippen molar-refractivity contribution in [3.8, 4) is 0 Å². The van der Waals surface area contributed by atoms with Crippen molar-refractivity contribution in [2.75, 3.05) is 0 Å². The van der Waals surface area contributed by atoms with E-state index in [9.17, 15) is 4.79 Å². The molecule has 0 aliphatic carbocycles. The van der Waals surface area contributed by atoms with Gasteiger partial charge in [-0.25, -0.2) is 9.97 Å². The van der Waals surface area contributed by atoms with Crippen molar-refractivity contribution in [1.82, 2.24) is 19.5 Å². The maximum Gasteiger partial charge on any atom is 0.294 e. The molecule has 4 rings (SSSR count). The summed E-state index contributed by atoms with van der Waals surface area (Å²) in [6.07, 6.45) is 5.17. The fourth-order valence-electron chi connectivity index (χ4n) is 2.30. The summed E-state index contributed by atoms with van der Waals surface area (Å²) in [4.78, 5) is 23.4. The SMILES string of the molecule is Cl.O=c1[nH]c(Cn2ccnc2)nc2c1oc1ccc(Br)cc12. The van der Waals surface area contributed by atoms with E-state index in [0.29, 0.717) is 23.5 Å². The molecular formula is C14H10BrClN4O2. The van der Waals surface area contributed by atoms with Crippen LogP contribution in [0.15, 0.2) is 50.6 Å². The van der Waals surface area contributed by atoms with Crippen LogP contribution in [0.5, 0.6) is 0 Å². The molecule has 0 fully saturated rings. The van der Waals surface area contributed by atoms with Crippen LogP contribution in [0.3, 0.4) is 0 Å². The summed E-state index contributed by atoms with van der Waals surface area (Å²) < 4.78 is 8.33. The second kappa shape index (κ2) is 5.58. The molecule has 3 aromatic heterocycles. The van der Waals surface area contributed by atoms with Crippen molar-refractivity contribution < 1.29 is 4.42 Å². The van der Waals surface area contributed by atoms with Crippen molar-refractivity contribution in [1.29, 1.82) is 0 Å². The van der Waals surface area contributed by atoms with Crippen LogP contribution in [0.4, 0.5) is 0 Å². The largest absolute Gasteiger partial charge is 0.449 e. The van der Waals surface area contributed by atoms with Gasteiger partial charge in [0, 0.05) is 22.3 Å². The predicted molar refractivity (Wildman–Crippen MR) is 88.4 cm³/mol. The lowest BCUT2D eigenvalue weighted by molar-refractivity contribution is 0.656. The van der Waals surface area contributed by atoms with E-state index in [-0.39, 0.29) is 23.5 Å². The van der Waals surface area contributed by atoms with Crippen LogP contribution >= 0.6 is 28.3 Å². The summed E-state index contributed by atoms with van der Waals surface area (Å²) in [5.74, 6) is 0.563. The minimum Gasteiger partial charge on any atom is -0.449 e. The summed E-state index contributed by atoms with van der Waals surface area (Å²) >= 11 is 3.42. The van der Waals surface area contributed by atoms with Crippen molar-refractivity contribution in [2.45, 2.75) is 6.54 Å². The zero-order valence-electron chi connectivity index (χ0n) is 11.1. The number of H-pyrrole nitrogens is 1. The van der Waals surface area contributed by atoms with E-state index in [1.54, 1.807) is 12.5 Å². The Morgan fingerprint density at radius 2 is 2.23 bits per heavy atom. The number of nitrogens with zero attached hydrogens (tertiary/aromatic N) is 3. The monoisotopic (exact) mass is 380 g/mol. The number of nitrogens with one attached hydrogen (secondary N) is 1. The topological polar surface area (TPSA) is 76.7 Å². The number of halogens is 2. The zero-order chi connectivity index (χ0) is 14.4. The highest BCUT2D eigenvalue weighted by molar-refractivity contribution is 9.10. The van der Waals surface area contributed by atoms with Crippen molar-refractivity contribution in [3.63, 3.8) is 0 Å². The maximum atomic E-state index is 12.2. The molecule has 22 heavy (non-hydrogen) atoms. The number of hydrogen-bond acceptors (Lipinski definition) is 4. The quantitative estimate of drug-likeness (QED) is 0.579. The Kier molecular flexibility index (Phi) is 3.76. The molecule has 1 N–H and O–H groups in total. The number of aromatic nitrogens is 4. The molecule has 112 valence electrons. The van der Waals surface area contributed by atoms with Crippen LogP contribution < -0.4 is 5.56 Å². The lowest BCUT2D eigenvalue weighted by Gasteiger charge is -2.01. The Morgan fingerprint density at radius 3 is 3.00 bits per heavy atom. The normalized spacial score (nSPS) is 11.0. The van der Waals surface area contributed by atoms with E-state index in [1.165, 1.54) is 0 Å². The van der Waals surface area contributed by atoms with Gasteiger partial charge in [0.05, 0.1) is 12.9 Å². The fraction of sp³-hybridized carbons (Fsp3) is 0.0714. The lowest BCUT2D eigenvalue weighted by atomic mass is 10.2. The molecule has 0 saturated carbocycles. The van der Waals surface area contributed by atoms with Gasteiger partial charge in [0.15, 0.2) is 0 Å². The van der Waals surface area contributed by atoms with Gasteiger partial charge in [0.2, 0.25) is 5.58 Å². The van der Waals surface area contributed by atoms with Gasteiger partial charge in [-0.15, -0.1) is 12.4 Å². The molecule has 0 atom stereocenters. The van der Waals surface area contributed by atoms with Crippen molar-refractivity contribution in [3.05, 3.63) is 57.6 Å². The summed E-state index contributed by atoms with van der Waals surface area (Å²) in [6, 6.07) is 5.58. The summed E-state index contributed by atoms with van der Waals surface area (Å²) in [5, 5.41) is 0.817. The molecule has 8 heteroatoms.